The zero-order valence-electron chi connectivity index (χ0n) is 11.6. The van der Waals surface area contributed by atoms with Crippen molar-refractivity contribution in [2.24, 2.45) is 11.7 Å². The van der Waals surface area contributed by atoms with E-state index in [1.807, 2.05) is 20.8 Å². The van der Waals surface area contributed by atoms with Crippen LogP contribution in [0.4, 0.5) is 5.69 Å². The van der Waals surface area contributed by atoms with Gasteiger partial charge in [0.2, 0.25) is 0 Å². The third-order valence-corrected chi connectivity index (χ3v) is 2.98. The van der Waals surface area contributed by atoms with Crippen LogP contribution in [0, 0.1) is 16.0 Å². The molecular formula is C14H20N2O3. The Bertz CT molecular complexity index is 484. The molecule has 0 aromatic heterocycles. The summed E-state index contributed by atoms with van der Waals surface area (Å²) in [5.41, 5.74) is 6.58. The Morgan fingerprint density at radius 1 is 1.42 bits per heavy atom. The molecule has 0 radical (unpaired) electrons. The summed E-state index contributed by atoms with van der Waals surface area (Å²) in [4.78, 5) is 22.6. The van der Waals surface area contributed by atoms with Crippen molar-refractivity contribution in [1.29, 1.82) is 0 Å². The van der Waals surface area contributed by atoms with Gasteiger partial charge in [0.05, 0.1) is 10.5 Å². The highest BCUT2D eigenvalue weighted by molar-refractivity contribution is 6.00. The predicted molar refractivity (Wildman–Crippen MR) is 74.1 cm³/mol. The molecule has 0 aliphatic carbocycles. The lowest BCUT2D eigenvalue weighted by Gasteiger charge is -2.11. The molecule has 0 heterocycles. The summed E-state index contributed by atoms with van der Waals surface area (Å²) >= 11 is 0. The van der Waals surface area contributed by atoms with Crippen molar-refractivity contribution < 1.29 is 9.72 Å². The Kier molecular flexibility index (Phi) is 5.18. The molecule has 1 aromatic rings. The van der Waals surface area contributed by atoms with E-state index in [1.54, 1.807) is 6.07 Å². The Hall–Kier alpha value is -1.75. The minimum atomic E-state index is -0.514. The number of nitro groups is 1. The van der Waals surface area contributed by atoms with Gasteiger partial charge in [-0.1, -0.05) is 26.8 Å². The summed E-state index contributed by atoms with van der Waals surface area (Å²) < 4.78 is 0. The molecule has 0 amide bonds. The van der Waals surface area contributed by atoms with Gasteiger partial charge in [0, 0.05) is 18.5 Å². The standard InChI is InChI=1S/C14H20N2O3/c1-4-12(15)10-5-6-11(13(8-10)16(18)19)14(17)7-9(2)3/h5-6,8-9,12H,4,7,15H2,1-3H3/t12-/m1/s1. The second kappa shape index (κ2) is 6.43. The van der Waals surface area contributed by atoms with Crippen molar-refractivity contribution >= 4 is 11.5 Å². The minimum absolute atomic E-state index is 0.146. The first kappa shape index (κ1) is 15.3. The number of rotatable bonds is 6. The predicted octanol–water partition coefficient (Wildman–Crippen LogP) is 3.23. The van der Waals surface area contributed by atoms with Crippen molar-refractivity contribution in [3.8, 4) is 0 Å². The summed E-state index contributed by atoms with van der Waals surface area (Å²) in [5, 5.41) is 11.1. The van der Waals surface area contributed by atoms with Crippen molar-refractivity contribution in [3.63, 3.8) is 0 Å². The molecule has 1 aromatic carbocycles. The van der Waals surface area contributed by atoms with E-state index in [2.05, 4.69) is 0 Å². The SMILES string of the molecule is CC[C@@H](N)c1ccc(C(=O)CC(C)C)c([N+](=O)[O-])c1. The van der Waals surface area contributed by atoms with Crippen molar-refractivity contribution in [2.45, 2.75) is 39.7 Å². The fourth-order valence-corrected chi connectivity index (χ4v) is 1.88. The van der Waals surface area contributed by atoms with Crippen LogP contribution in [0.25, 0.3) is 0 Å². The summed E-state index contributed by atoms with van der Waals surface area (Å²) in [5.74, 6) is -0.0250. The Morgan fingerprint density at radius 2 is 2.05 bits per heavy atom. The van der Waals surface area contributed by atoms with Crippen LogP contribution in [0.2, 0.25) is 0 Å². The van der Waals surface area contributed by atoms with Gasteiger partial charge in [0.15, 0.2) is 5.78 Å². The van der Waals surface area contributed by atoms with Gasteiger partial charge in [0.25, 0.3) is 5.69 Å². The molecule has 0 saturated carbocycles. The normalized spacial score (nSPS) is 12.5. The molecule has 0 saturated heterocycles. The number of nitrogens with zero attached hydrogens (tertiary/aromatic N) is 1. The third kappa shape index (κ3) is 3.86. The van der Waals surface area contributed by atoms with E-state index in [-0.39, 0.29) is 29.0 Å². The van der Waals surface area contributed by atoms with Gasteiger partial charge in [-0.3, -0.25) is 14.9 Å². The second-order valence-corrected chi connectivity index (χ2v) is 5.07. The summed E-state index contributed by atoms with van der Waals surface area (Å²) in [6.45, 7) is 5.73. The Balaban J connectivity index is 3.19. The molecule has 0 unspecified atom stereocenters. The highest BCUT2D eigenvalue weighted by Crippen LogP contribution is 2.26. The molecule has 0 spiro atoms. The number of ketones is 1. The number of hydrogen-bond donors (Lipinski definition) is 1. The zero-order valence-corrected chi connectivity index (χ0v) is 11.6. The van der Waals surface area contributed by atoms with Gasteiger partial charge in [-0.2, -0.15) is 0 Å². The van der Waals surface area contributed by atoms with Crippen LogP contribution in [0.15, 0.2) is 18.2 Å². The maximum Gasteiger partial charge on any atom is 0.280 e. The number of Topliss-reactive ketones (excluding diaryl/α,β-unsaturated/α-hetero) is 1. The highest BCUT2D eigenvalue weighted by Gasteiger charge is 2.22. The lowest BCUT2D eigenvalue weighted by atomic mass is 9.96. The molecular weight excluding hydrogens is 244 g/mol. The van der Waals surface area contributed by atoms with Crippen LogP contribution in [0.3, 0.4) is 0 Å². The van der Waals surface area contributed by atoms with E-state index in [0.717, 1.165) is 0 Å². The highest BCUT2D eigenvalue weighted by atomic mass is 16.6. The summed E-state index contributed by atoms with van der Waals surface area (Å²) in [7, 11) is 0. The van der Waals surface area contributed by atoms with E-state index in [1.165, 1.54) is 12.1 Å². The van der Waals surface area contributed by atoms with Gasteiger partial charge in [-0.15, -0.1) is 0 Å². The van der Waals surface area contributed by atoms with Gasteiger partial charge < -0.3 is 5.73 Å². The Morgan fingerprint density at radius 3 is 2.53 bits per heavy atom. The maximum absolute atomic E-state index is 12.0. The number of nitrogens with two attached hydrogens (primary N) is 1. The third-order valence-electron chi connectivity index (χ3n) is 2.98. The van der Waals surface area contributed by atoms with E-state index in [0.29, 0.717) is 18.4 Å². The van der Waals surface area contributed by atoms with E-state index < -0.39 is 4.92 Å². The first-order valence-corrected chi connectivity index (χ1v) is 6.43. The van der Waals surface area contributed by atoms with Crippen LogP contribution >= 0.6 is 0 Å². The minimum Gasteiger partial charge on any atom is -0.324 e. The van der Waals surface area contributed by atoms with Gasteiger partial charge in [0.1, 0.15) is 0 Å². The fourth-order valence-electron chi connectivity index (χ4n) is 1.88. The average Bonchev–Trinajstić information content (AvgIpc) is 2.36. The first-order valence-electron chi connectivity index (χ1n) is 6.43. The number of nitro benzene ring substituents is 1. The molecule has 0 aliphatic heterocycles. The largest absolute Gasteiger partial charge is 0.324 e. The van der Waals surface area contributed by atoms with Crippen LogP contribution in [-0.2, 0) is 0 Å². The number of carbonyl (C=O) groups excluding carboxylic acids is 1. The molecule has 0 aliphatic rings. The zero-order chi connectivity index (χ0) is 14.6. The second-order valence-electron chi connectivity index (χ2n) is 5.07. The van der Waals surface area contributed by atoms with Crippen LogP contribution in [-0.4, -0.2) is 10.7 Å². The number of carbonyl (C=O) groups is 1. The molecule has 0 bridgehead atoms. The van der Waals surface area contributed by atoms with Crippen molar-refractivity contribution in [1.82, 2.24) is 0 Å². The monoisotopic (exact) mass is 264 g/mol. The maximum atomic E-state index is 12.0. The van der Waals surface area contributed by atoms with E-state index >= 15 is 0 Å². The molecule has 2 N–H and O–H groups in total. The fraction of sp³-hybridized carbons (Fsp3) is 0.500. The topological polar surface area (TPSA) is 86.2 Å². The van der Waals surface area contributed by atoms with Crippen LogP contribution < -0.4 is 5.73 Å². The molecule has 5 nitrogen and oxygen atoms in total. The molecule has 1 rings (SSSR count). The van der Waals surface area contributed by atoms with Crippen LogP contribution in [0.1, 0.15) is 55.6 Å². The lowest BCUT2D eigenvalue weighted by molar-refractivity contribution is -0.385. The van der Waals surface area contributed by atoms with E-state index in [4.69, 9.17) is 5.73 Å². The molecule has 104 valence electrons. The number of benzene rings is 1. The van der Waals surface area contributed by atoms with Crippen molar-refractivity contribution in [3.05, 3.63) is 39.4 Å². The summed E-state index contributed by atoms with van der Waals surface area (Å²) in [6, 6.07) is 4.40. The molecule has 5 heteroatoms. The number of hydrogen-bond acceptors (Lipinski definition) is 4. The summed E-state index contributed by atoms with van der Waals surface area (Å²) in [6.07, 6.45) is 0.996. The van der Waals surface area contributed by atoms with Gasteiger partial charge >= 0.3 is 0 Å². The van der Waals surface area contributed by atoms with Gasteiger partial charge in [-0.25, -0.2) is 0 Å². The van der Waals surface area contributed by atoms with Crippen molar-refractivity contribution in [2.75, 3.05) is 0 Å². The van der Waals surface area contributed by atoms with Gasteiger partial charge in [-0.05, 0) is 24.0 Å². The Labute approximate surface area is 113 Å². The van der Waals surface area contributed by atoms with Crippen LogP contribution in [0.5, 0.6) is 0 Å². The quantitative estimate of drug-likeness (QED) is 0.485. The van der Waals surface area contributed by atoms with E-state index in [9.17, 15) is 14.9 Å². The first-order chi connectivity index (χ1) is 8.86. The molecule has 0 fully saturated rings. The lowest BCUT2D eigenvalue weighted by Crippen LogP contribution is -2.11. The molecule has 19 heavy (non-hydrogen) atoms. The average molecular weight is 264 g/mol. The smallest absolute Gasteiger partial charge is 0.280 e. The molecule has 1 atom stereocenters.